The number of hydrogen-bond donors (Lipinski definition) is 0. The quantitative estimate of drug-likeness (QED) is 0.443. The third-order valence-corrected chi connectivity index (χ3v) is 5.23. The minimum absolute atomic E-state index is 0.0310. The molecule has 1 saturated heterocycles. The van der Waals surface area contributed by atoms with Gasteiger partial charge in [-0.15, -0.1) is 0 Å². The molecule has 148 valence electrons. The second-order valence-corrected chi connectivity index (χ2v) is 6.88. The van der Waals surface area contributed by atoms with Gasteiger partial charge in [-0.25, -0.2) is 0 Å². The highest BCUT2D eigenvalue weighted by Crippen LogP contribution is 2.23. The summed E-state index contributed by atoms with van der Waals surface area (Å²) in [5.41, 5.74) is 1.54. The summed E-state index contributed by atoms with van der Waals surface area (Å²) in [6.45, 7) is 1.74. The maximum absolute atomic E-state index is 12.6. The molecule has 0 unspecified atom stereocenters. The molecule has 0 aliphatic carbocycles. The molecule has 2 aromatic rings. The number of imide groups is 1. The smallest absolute Gasteiger partial charge is 0.269 e. The number of fused-ring (bicyclic) bond motifs is 1. The lowest BCUT2D eigenvalue weighted by molar-refractivity contribution is -0.384. The molecule has 2 heterocycles. The Labute approximate surface area is 166 Å². The summed E-state index contributed by atoms with van der Waals surface area (Å²) >= 11 is 0. The number of nitrogens with zero attached hydrogens (tertiary/aromatic N) is 4. The van der Waals surface area contributed by atoms with Gasteiger partial charge in [-0.2, -0.15) is 0 Å². The van der Waals surface area contributed by atoms with Gasteiger partial charge in [0.05, 0.1) is 16.1 Å². The fraction of sp³-hybridized carbons (Fsp3) is 0.250. The molecule has 2 aliphatic heterocycles. The number of nitro groups is 1. The van der Waals surface area contributed by atoms with Crippen LogP contribution in [0.2, 0.25) is 0 Å². The molecule has 3 amide bonds. The number of hydrogen-bond acceptors (Lipinski definition) is 6. The number of benzene rings is 2. The van der Waals surface area contributed by atoms with Gasteiger partial charge in [-0.05, 0) is 24.3 Å². The molecule has 0 spiro atoms. The van der Waals surface area contributed by atoms with E-state index >= 15 is 0 Å². The van der Waals surface area contributed by atoms with Crippen LogP contribution in [0, 0.1) is 10.1 Å². The fourth-order valence-electron chi connectivity index (χ4n) is 3.62. The lowest BCUT2D eigenvalue weighted by Crippen LogP contribution is -2.51. The lowest BCUT2D eigenvalue weighted by Gasteiger charge is -2.36. The van der Waals surface area contributed by atoms with E-state index in [2.05, 4.69) is 0 Å². The number of anilines is 1. The van der Waals surface area contributed by atoms with Crippen molar-refractivity contribution in [1.82, 2.24) is 9.80 Å². The zero-order valence-electron chi connectivity index (χ0n) is 15.5. The largest absolute Gasteiger partial charge is 0.368 e. The molecule has 2 aromatic carbocycles. The zero-order chi connectivity index (χ0) is 20.5. The van der Waals surface area contributed by atoms with Crippen LogP contribution in [0.1, 0.15) is 20.7 Å². The topological polar surface area (TPSA) is 104 Å². The van der Waals surface area contributed by atoms with E-state index in [0.29, 0.717) is 37.3 Å². The Bertz CT molecular complexity index is 961. The predicted molar refractivity (Wildman–Crippen MR) is 104 cm³/mol. The van der Waals surface area contributed by atoms with Crippen LogP contribution in [-0.4, -0.2) is 65.2 Å². The molecule has 1 fully saturated rings. The molecular formula is C20H18N4O5. The van der Waals surface area contributed by atoms with Crippen molar-refractivity contribution in [3.63, 3.8) is 0 Å². The normalized spacial score (nSPS) is 16.2. The van der Waals surface area contributed by atoms with E-state index < -0.39 is 16.7 Å². The Morgan fingerprint density at radius 2 is 1.45 bits per heavy atom. The molecule has 4 rings (SSSR count). The van der Waals surface area contributed by atoms with Gasteiger partial charge in [0.1, 0.15) is 6.54 Å². The lowest BCUT2D eigenvalue weighted by atomic mass is 10.1. The van der Waals surface area contributed by atoms with Crippen molar-refractivity contribution >= 4 is 29.1 Å². The van der Waals surface area contributed by atoms with Gasteiger partial charge in [0.2, 0.25) is 5.91 Å². The average Bonchev–Trinajstić information content (AvgIpc) is 2.99. The third kappa shape index (κ3) is 3.42. The molecule has 0 N–H and O–H groups in total. The van der Waals surface area contributed by atoms with Gasteiger partial charge in [0.15, 0.2) is 0 Å². The summed E-state index contributed by atoms with van der Waals surface area (Å²) in [6.07, 6.45) is 0. The zero-order valence-corrected chi connectivity index (χ0v) is 15.5. The first-order valence-electron chi connectivity index (χ1n) is 9.18. The summed E-state index contributed by atoms with van der Waals surface area (Å²) in [6, 6.07) is 12.8. The standard InChI is InChI=1S/C20H18N4O5/c25-18(13-23-19(26)16-3-1-2-4-17(16)20(23)27)22-11-9-21(10-12-22)14-5-7-15(8-6-14)24(28)29/h1-8H,9-13H2. The second-order valence-electron chi connectivity index (χ2n) is 6.88. The van der Waals surface area contributed by atoms with Crippen LogP contribution in [0.4, 0.5) is 11.4 Å². The van der Waals surface area contributed by atoms with Gasteiger partial charge in [0, 0.05) is 44.0 Å². The molecule has 0 saturated carbocycles. The first-order valence-corrected chi connectivity index (χ1v) is 9.18. The number of rotatable bonds is 4. The van der Waals surface area contributed by atoms with Crippen LogP contribution in [0.15, 0.2) is 48.5 Å². The van der Waals surface area contributed by atoms with Crippen molar-refractivity contribution in [1.29, 1.82) is 0 Å². The highest BCUT2D eigenvalue weighted by molar-refractivity contribution is 6.22. The molecule has 0 bridgehead atoms. The van der Waals surface area contributed by atoms with Crippen molar-refractivity contribution in [3.05, 3.63) is 69.8 Å². The number of carbonyl (C=O) groups is 3. The van der Waals surface area contributed by atoms with Crippen molar-refractivity contribution < 1.29 is 19.3 Å². The molecule has 9 heteroatoms. The van der Waals surface area contributed by atoms with E-state index in [-0.39, 0.29) is 18.1 Å². The van der Waals surface area contributed by atoms with E-state index in [1.807, 2.05) is 4.90 Å². The molecule has 2 aliphatic rings. The van der Waals surface area contributed by atoms with Crippen LogP contribution in [0.5, 0.6) is 0 Å². The van der Waals surface area contributed by atoms with Crippen molar-refractivity contribution in [2.45, 2.75) is 0 Å². The summed E-state index contributed by atoms with van der Waals surface area (Å²) in [4.78, 5) is 52.5. The number of nitro benzene ring substituents is 1. The third-order valence-electron chi connectivity index (χ3n) is 5.23. The number of piperazine rings is 1. The highest BCUT2D eigenvalue weighted by Gasteiger charge is 2.37. The monoisotopic (exact) mass is 394 g/mol. The van der Waals surface area contributed by atoms with Crippen LogP contribution in [0.25, 0.3) is 0 Å². The average molecular weight is 394 g/mol. The first-order chi connectivity index (χ1) is 14.0. The van der Waals surface area contributed by atoms with Gasteiger partial charge in [-0.3, -0.25) is 29.4 Å². The van der Waals surface area contributed by atoms with Crippen LogP contribution in [-0.2, 0) is 4.79 Å². The fourth-order valence-corrected chi connectivity index (χ4v) is 3.62. The summed E-state index contributed by atoms with van der Waals surface area (Å²) in [7, 11) is 0. The van der Waals surface area contributed by atoms with E-state index in [1.54, 1.807) is 41.3 Å². The van der Waals surface area contributed by atoms with E-state index in [9.17, 15) is 24.5 Å². The van der Waals surface area contributed by atoms with Gasteiger partial charge in [0.25, 0.3) is 17.5 Å². The number of non-ortho nitro benzene ring substituents is 1. The SMILES string of the molecule is O=C(CN1C(=O)c2ccccc2C1=O)N1CCN(c2ccc([N+](=O)[O-])cc2)CC1. The van der Waals surface area contributed by atoms with Gasteiger partial charge < -0.3 is 9.80 Å². The molecule has 9 nitrogen and oxygen atoms in total. The number of amides is 3. The summed E-state index contributed by atoms with van der Waals surface area (Å²) < 4.78 is 0. The van der Waals surface area contributed by atoms with E-state index in [0.717, 1.165) is 10.6 Å². The Morgan fingerprint density at radius 1 is 0.897 bits per heavy atom. The molecule has 0 radical (unpaired) electrons. The van der Waals surface area contributed by atoms with Gasteiger partial charge in [-0.1, -0.05) is 12.1 Å². The Balaban J connectivity index is 1.36. The summed E-state index contributed by atoms with van der Waals surface area (Å²) in [5, 5.41) is 10.8. The van der Waals surface area contributed by atoms with Crippen LogP contribution >= 0.6 is 0 Å². The molecule has 29 heavy (non-hydrogen) atoms. The number of carbonyl (C=O) groups excluding carboxylic acids is 3. The summed E-state index contributed by atoms with van der Waals surface area (Å²) in [5.74, 6) is -1.16. The van der Waals surface area contributed by atoms with Crippen molar-refractivity contribution in [2.75, 3.05) is 37.6 Å². The first kappa shape index (κ1) is 18.6. The molecule has 0 atom stereocenters. The second kappa shape index (κ2) is 7.34. The van der Waals surface area contributed by atoms with E-state index in [1.165, 1.54) is 12.1 Å². The molecule has 0 aromatic heterocycles. The highest BCUT2D eigenvalue weighted by atomic mass is 16.6. The Kier molecular flexibility index (Phi) is 4.71. The van der Waals surface area contributed by atoms with Crippen molar-refractivity contribution in [2.24, 2.45) is 0 Å². The maximum atomic E-state index is 12.6. The Hall–Kier alpha value is -3.75. The minimum Gasteiger partial charge on any atom is -0.368 e. The minimum atomic E-state index is -0.445. The maximum Gasteiger partial charge on any atom is 0.269 e. The molecular weight excluding hydrogens is 376 g/mol. The van der Waals surface area contributed by atoms with Crippen LogP contribution in [0.3, 0.4) is 0 Å². The van der Waals surface area contributed by atoms with Crippen molar-refractivity contribution in [3.8, 4) is 0 Å². The van der Waals surface area contributed by atoms with Crippen LogP contribution < -0.4 is 4.90 Å². The van der Waals surface area contributed by atoms with Gasteiger partial charge >= 0.3 is 0 Å². The predicted octanol–water partition coefficient (Wildman–Crippen LogP) is 1.54. The Morgan fingerprint density at radius 3 is 1.97 bits per heavy atom. The van der Waals surface area contributed by atoms with E-state index in [4.69, 9.17) is 0 Å².